The van der Waals surface area contributed by atoms with E-state index in [0.29, 0.717) is 11.2 Å². The van der Waals surface area contributed by atoms with Crippen LogP contribution in [-0.2, 0) is 11.2 Å². The molecule has 1 aromatic rings. The quantitative estimate of drug-likeness (QED) is 0.912. The first kappa shape index (κ1) is 16.2. The van der Waals surface area contributed by atoms with Gasteiger partial charge >= 0.3 is 0 Å². The van der Waals surface area contributed by atoms with Crippen LogP contribution in [0.4, 0.5) is 0 Å². The topological polar surface area (TPSA) is 73.6 Å². The van der Waals surface area contributed by atoms with Crippen LogP contribution in [0.25, 0.3) is 5.70 Å². The third-order valence-electron chi connectivity index (χ3n) is 5.77. The lowest BCUT2D eigenvalue weighted by Gasteiger charge is -2.37. The maximum Gasteiger partial charge on any atom is 0.179 e. The van der Waals surface area contributed by atoms with Gasteiger partial charge in [-0.25, -0.2) is 0 Å². The molecule has 1 saturated heterocycles. The average Bonchev–Trinajstić information content (AvgIpc) is 3.39. The molecule has 3 aliphatic rings. The summed E-state index contributed by atoms with van der Waals surface area (Å²) < 4.78 is 5.54. The Morgan fingerprint density at radius 1 is 1.24 bits per heavy atom. The molecule has 1 spiro atoms. The summed E-state index contributed by atoms with van der Waals surface area (Å²) in [4.78, 5) is 14.7. The monoisotopic (exact) mass is 338 g/mol. The van der Waals surface area contributed by atoms with Gasteiger partial charge in [-0.2, -0.15) is 5.26 Å². The standard InChI is InChI=1S/C20H22N2O3/c21-13-17-18(24)11-14-1-2-15(25-10-9-23)12-16(14)19(17)22-7-5-20(3-4-20)6-8-22/h1-2,12,23H,3-11H2. The van der Waals surface area contributed by atoms with Crippen LogP contribution in [0.5, 0.6) is 5.75 Å². The van der Waals surface area contributed by atoms with E-state index in [-0.39, 0.29) is 31.0 Å². The van der Waals surface area contributed by atoms with Crippen molar-refractivity contribution in [1.82, 2.24) is 4.90 Å². The van der Waals surface area contributed by atoms with Gasteiger partial charge in [-0.05, 0) is 48.8 Å². The summed E-state index contributed by atoms with van der Waals surface area (Å²) >= 11 is 0. The summed E-state index contributed by atoms with van der Waals surface area (Å²) in [5.74, 6) is 0.563. The zero-order valence-electron chi connectivity index (χ0n) is 14.3. The molecule has 1 aliphatic heterocycles. The molecule has 0 unspecified atom stereocenters. The van der Waals surface area contributed by atoms with E-state index in [1.165, 1.54) is 12.8 Å². The Kier molecular flexibility index (Phi) is 4.01. The van der Waals surface area contributed by atoms with Gasteiger partial charge in [0.15, 0.2) is 5.78 Å². The number of Topliss-reactive ketones (excluding diaryl/α,β-unsaturated/α-hetero) is 1. The number of hydrogen-bond donors (Lipinski definition) is 1. The average molecular weight is 338 g/mol. The molecule has 1 heterocycles. The van der Waals surface area contributed by atoms with Gasteiger partial charge in [0.25, 0.3) is 0 Å². The molecule has 1 aromatic carbocycles. The van der Waals surface area contributed by atoms with E-state index in [4.69, 9.17) is 9.84 Å². The van der Waals surface area contributed by atoms with E-state index >= 15 is 0 Å². The highest BCUT2D eigenvalue weighted by Crippen LogP contribution is 2.54. The minimum atomic E-state index is -0.0965. The number of aliphatic hydroxyl groups excluding tert-OH is 1. The van der Waals surface area contributed by atoms with Crippen LogP contribution in [0, 0.1) is 16.7 Å². The maximum atomic E-state index is 12.5. The van der Waals surface area contributed by atoms with Crippen LogP contribution >= 0.6 is 0 Å². The number of aliphatic hydroxyl groups is 1. The second-order valence-electron chi connectivity index (χ2n) is 7.31. The number of nitrogens with zero attached hydrogens (tertiary/aromatic N) is 2. The van der Waals surface area contributed by atoms with Gasteiger partial charge in [0.05, 0.1) is 12.3 Å². The van der Waals surface area contributed by atoms with E-state index in [1.807, 2.05) is 18.2 Å². The lowest BCUT2D eigenvalue weighted by Crippen LogP contribution is -2.36. The molecular formula is C20H22N2O3. The zero-order chi connectivity index (χ0) is 17.4. The van der Waals surface area contributed by atoms with Crippen molar-refractivity contribution >= 4 is 11.5 Å². The number of carbonyl (C=O) groups excluding carboxylic acids is 1. The van der Waals surface area contributed by atoms with Crippen LogP contribution in [0.15, 0.2) is 23.8 Å². The van der Waals surface area contributed by atoms with Crippen LogP contribution < -0.4 is 4.74 Å². The third kappa shape index (κ3) is 2.91. The highest BCUT2D eigenvalue weighted by molar-refractivity contribution is 6.10. The highest BCUT2D eigenvalue weighted by atomic mass is 16.5. The molecule has 0 amide bonds. The molecule has 130 valence electrons. The number of benzene rings is 1. The molecule has 1 saturated carbocycles. The number of likely N-dealkylation sites (tertiary alicyclic amines) is 1. The van der Waals surface area contributed by atoms with Gasteiger partial charge in [0.2, 0.25) is 0 Å². The molecule has 25 heavy (non-hydrogen) atoms. The number of nitriles is 1. The number of allylic oxidation sites excluding steroid dienone is 1. The number of hydrogen-bond acceptors (Lipinski definition) is 5. The lowest BCUT2D eigenvalue weighted by molar-refractivity contribution is -0.114. The molecule has 1 N–H and O–H groups in total. The van der Waals surface area contributed by atoms with E-state index in [0.717, 1.165) is 42.8 Å². The number of ketones is 1. The van der Waals surface area contributed by atoms with Crippen molar-refractivity contribution < 1.29 is 14.6 Å². The molecule has 0 atom stereocenters. The first-order valence-electron chi connectivity index (χ1n) is 8.95. The fourth-order valence-corrected chi connectivity index (χ4v) is 4.04. The van der Waals surface area contributed by atoms with Gasteiger partial charge in [0.1, 0.15) is 24.0 Å². The number of fused-ring (bicyclic) bond motifs is 1. The number of carbonyl (C=O) groups is 1. The second-order valence-corrected chi connectivity index (χ2v) is 7.31. The summed E-state index contributed by atoms with van der Waals surface area (Å²) in [6, 6.07) is 7.79. The van der Waals surface area contributed by atoms with Crippen molar-refractivity contribution in [3.8, 4) is 11.8 Å². The van der Waals surface area contributed by atoms with Gasteiger partial charge in [0, 0.05) is 25.1 Å². The molecule has 0 radical (unpaired) electrons. The second kappa shape index (κ2) is 6.20. The van der Waals surface area contributed by atoms with Crippen LogP contribution in [0.1, 0.15) is 36.8 Å². The Labute approximate surface area is 147 Å². The number of ether oxygens (including phenoxy) is 1. The summed E-state index contributed by atoms with van der Waals surface area (Å²) in [6.07, 6.45) is 5.18. The van der Waals surface area contributed by atoms with Crippen molar-refractivity contribution in [3.05, 3.63) is 34.9 Å². The normalized spacial score (nSPS) is 21.1. The Hall–Kier alpha value is -2.32. The largest absolute Gasteiger partial charge is 0.491 e. The van der Waals surface area contributed by atoms with Crippen LogP contribution in [0.3, 0.4) is 0 Å². The number of piperidine rings is 1. The fourth-order valence-electron chi connectivity index (χ4n) is 4.04. The third-order valence-corrected chi connectivity index (χ3v) is 5.77. The van der Waals surface area contributed by atoms with Crippen molar-refractivity contribution in [2.45, 2.75) is 32.1 Å². The Balaban J connectivity index is 1.71. The molecule has 2 aliphatic carbocycles. The summed E-state index contributed by atoms with van der Waals surface area (Å²) in [6.45, 7) is 1.98. The van der Waals surface area contributed by atoms with E-state index in [1.54, 1.807) is 0 Å². The SMILES string of the molecule is N#CC1=C(N2CCC3(CC2)CC3)c2cc(OCCO)ccc2CC1=O. The van der Waals surface area contributed by atoms with E-state index < -0.39 is 0 Å². The Morgan fingerprint density at radius 3 is 2.64 bits per heavy atom. The van der Waals surface area contributed by atoms with Crippen molar-refractivity contribution in [2.24, 2.45) is 5.41 Å². The highest BCUT2D eigenvalue weighted by Gasteiger charge is 2.45. The van der Waals surface area contributed by atoms with Gasteiger partial charge < -0.3 is 14.7 Å². The van der Waals surface area contributed by atoms with Crippen LogP contribution in [0.2, 0.25) is 0 Å². The van der Waals surface area contributed by atoms with E-state index in [9.17, 15) is 10.1 Å². The molecule has 2 fully saturated rings. The molecular weight excluding hydrogens is 316 g/mol. The lowest BCUT2D eigenvalue weighted by atomic mass is 9.86. The summed E-state index contributed by atoms with van der Waals surface area (Å²) in [5, 5.41) is 18.6. The fraction of sp³-hybridized carbons (Fsp3) is 0.500. The summed E-state index contributed by atoms with van der Waals surface area (Å²) in [7, 11) is 0. The minimum Gasteiger partial charge on any atom is -0.491 e. The molecule has 4 rings (SSSR count). The molecule has 5 heteroatoms. The van der Waals surface area contributed by atoms with Crippen molar-refractivity contribution in [2.75, 3.05) is 26.3 Å². The van der Waals surface area contributed by atoms with E-state index in [2.05, 4.69) is 11.0 Å². The molecule has 0 aromatic heterocycles. The predicted molar refractivity (Wildman–Crippen MR) is 92.7 cm³/mol. The number of rotatable bonds is 4. The molecule has 5 nitrogen and oxygen atoms in total. The summed E-state index contributed by atoms with van der Waals surface area (Å²) in [5.41, 5.74) is 3.47. The van der Waals surface area contributed by atoms with Crippen LogP contribution in [-0.4, -0.2) is 42.1 Å². The van der Waals surface area contributed by atoms with Gasteiger partial charge in [-0.15, -0.1) is 0 Å². The zero-order valence-corrected chi connectivity index (χ0v) is 14.3. The maximum absolute atomic E-state index is 12.5. The van der Waals surface area contributed by atoms with Gasteiger partial charge in [-0.3, -0.25) is 4.79 Å². The van der Waals surface area contributed by atoms with Gasteiger partial charge in [-0.1, -0.05) is 6.07 Å². The Bertz CT molecular complexity index is 777. The molecule has 0 bridgehead atoms. The Morgan fingerprint density at radius 2 is 2.00 bits per heavy atom. The smallest absolute Gasteiger partial charge is 0.179 e. The predicted octanol–water partition coefficient (Wildman–Crippen LogP) is 2.29. The first-order chi connectivity index (χ1) is 12.2. The first-order valence-corrected chi connectivity index (χ1v) is 8.95. The van der Waals surface area contributed by atoms with Crippen molar-refractivity contribution in [3.63, 3.8) is 0 Å². The minimum absolute atomic E-state index is 0.0457. The van der Waals surface area contributed by atoms with Crippen molar-refractivity contribution in [1.29, 1.82) is 5.26 Å².